The lowest BCUT2D eigenvalue weighted by molar-refractivity contribution is -0.188. The van der Waals surface area contributed by atoms with Gasteiger partial charge in [0.1, 0.15) is 17.7 Å². The molecule has 1 aliphatic rings. The summed E-state index contributed by atoms with van der Waals surface area (Å²) in [5.74, 6) is 0.710. The number of aromatic nitrogens is 4. The summed E-state index contributed by atoms with van der Waals surface area (Å²) in [4.78, 5) is 70.3. The molecular formula is C40H52N8O8. The Labute approximate surface area is 326 Å². The van der Waals surface area contributed by atoms with Crippen LogP contribution in [0.4, 0.5) is 4.79 Å². The van der Waals surface area contributed by atoms with Gasteiger partial charge in [-0.2, -0.15) is 4.89 Å². The van der Waals surface area contributed by atoms with Crippen molar-refractivity contribution in [1.82, 2.24) is 35.5 Å². The minimum atomic E-state index is -0.963. The number of aliphatic imine (C=N–C) groups is 1. The zero-order chi connectivity index (χ0) is 40.4. The number of aromatic amines is 2. The Balaban J connectivity index is 1.25. The predicted octanol–water partition coefficient (Wildman–Crippen LogP) is 5.38. The Bertz CT molecular complexity index is 1930. The number of imidazole rings is 2. The first-order valence-electron chi connectivity index (χ1n) is 18.5. The molecule has 2 aromatic heterocycles. The molecule has 6 atom stereocenters. The molecule has 1 aliphatic heterocycles. The van der Waals surface area contributed by atoms with Crippen molar-refractivity contribution in [2.75, 3.05) is 35.0 Å². The van der Waals surface area contributed by atoms with Gasteiger partial charge < -0.3 is 44.6 Å². The van der Waals surface area contributed by atoms with E-state index in [1.54, 1.807) is 38.3 Å². The number of likely N-dealkylation sites (tertiary alicyclic amines) is 1. The van der Waals surface area contributed by atoms with Crippen LogP contribution < -0.4 is 10.6 Å². The molecule has 0 bridgehead atoms. The third kappa shape index (κ3) is 9.80. The number of carbonyl (C=O) groups is 3. The van der Waals surface area contributed by atoms with E-state index in [0.29, 0.717) is 12.4 Å². The molecule has 5 rings (SSSR count). The summed E-state index contributed by atoms with van der Waals surface area (Å²) < 4.78 is 15.5. The normalized spacial score (nSPS) is 17.0. The number of hydrogen-bond donors (Lipinski definition) is 4. The topological polar surface area (TPSA) is 194 Å². The van der Waals surface area contributed by atoms with Gasteiger partial charge in [-0.1, -0.05) is 62.4 Å². The number of rotatable bonds is 17. The molecule has 2 aromatic carbocycles. The molecule has 0 radical (unpaired) electrons. The van der Waals surface area contributed by atoms with Gasteiger partial charge in [-0.25, -0.2) is 19.8 Å². The second-order valence-corrected chi connectivity index (χ2v) is 13.9. The Morgan fingerprint density at radius 1 is 0.821 bits per heavy atom. The SMILES string of the molecule is COOC=N[C@H](C(=O)N1CCC[C@H]1c1ncc(-c2ccc(-c3ccc(-c4cnc([C@H](NC(=O)[C@@H](NC(=O)OC)[C@@H](C)OC)C(C)C)[nH]4)cc3)cc2)[nH]1)[C@@H](C)OC. The van der Waals surface area contributed by atoms with E-state index in [9.17, 15) is 14.4 Å². The van der Waals surface area contributed by atoms with Crippen molar-refractivity contribution in [2.45, 2.75) is 76.9 Å². The number of ether oxygens (including phenoxy) is 3. The van der Waals surface area contributed by atoms with Crippen molar-refractivity contribution in [1.29, 1.82) is 0 Å². The molecule has 0 unspecified atom stereocenters. The van der Waals surface area contributed by atoms with Gasteiger partial charge in [0.05, 0.1) is 62.3 Å². The molecule has 4 aromatic rings. The van der Waals surface area contributed by atoms with Gasteiger partial charge in [0, 0.05) is 20.8 Å². The van der Waals surface area contributed by atoms with Crippen molar-refractivity contribution >= 4 is 24.3 Å². The van der Waals surface area contributed by atoms with Gasteiger partial charge in [0.25, 0.3) is 5.91 Å². The van der Waals surface area contributed by atoms with E-state index in [1.807, 2.05) is 50.2 Å². The quantitative estimate of drug-likeness (QED) is 0.0469. The molecule has 16 nitrogen and oxygen atoms in total. The van der Waals surface area contributed by atoms with Crippen molar-refractivity contribution in [3.8, 4) is 33.6 Å². The lowest BCUT2D eigenvalue weighted by Gasteiger charge is -2.28. The van der Waals surface area contributed by atoms with Crippen LogP contribution in [0.1, 0.15) is 64.3 Å². The maximum absolute atomic E-state index is 13.6. The van der Waals surface area contributed by atoms with Crippen molar-refractivity contribution < 1.29 is 38.4 Å². The molecule has 300 valence electrons. The monoisotopic (exact) mass is 772 g/mol. The molecule has 56 heavy (non-hydrogen) atoms. The fourth-order valence-electron chi connectivity index (χ4n) is 6.62. The first-order chi connectivity index (χ1) is 27.0. The summed E-state index contributed by atoms with van der Waals surface area (Å²) >= 11 is 0. The highest BCUT2D eigenvalue weighted by Crippen LogP contribution is 2.34. The molecule has 3 heterocycles. The number of methoxy groups -OCH3 is 3. The van der Waals surface area contributed by atoms with Crippen LogP contribution >= 0.6 is 0 Å². The van der Waals surface area contributed by atoms with E-state index < -0.39 is 42.3 Å². The van der Waals surface area contributed by atoms with Gasteiger partial charge >= 0.3 is 6.09 Å². The Morgan fingerprint density at radius 2 is 1.41 bits per heavy atom. The van der Waals surface area contributed by atoms with Crippen LogP contribution in [0.25, 0.3) is 33.6 Å². The first-order valence-corrected chi connectivity index (χ1v) is 18.5. The zero-order valence-electron chi connectivity index (χ0n) is 33.1. The van der Waals surface area contributed by atoms with Crippen molar-refractivity contribution in [2.24, 2.45) is 10.9 Å². The number of carbonyl (C=O) groups excluding carboxylic acids is 3. The number of nitrogens with one attached hydrogen (secondary N) is 4. The highest BCUT2D eigenvalue weighted by molar-refractivity contribution is 5.86. The Kier molecular flexibility index (Phi) is 14.4. The number of alkyl carbamates (subject to hydrolysis) is 1. The maximum atomic E-state index is 13.6. The summed E-state index contributed by atoms with van der Waals surface area (Å²) in [6, 6.07) is 13.9. The highest BCUT2D eigenvalue weighted by Gasteiger charge is 2.38. The minimum Gasteiger partial charge on any atom is -0.453 e. The van der Waals surface area contributed by atoms with E-state index in [4.69, 9.17) is 19.1 Å². The summed E-state index contributed by atoms with van der Waals surface area (Å²) in [6.45, 7) is 8.03. The van der Waals surface area contributed by atoms with Crippen LogP contribution in [0, 0.1) is 5.92 Å². The second-order valence-electron chi connectivity index (χ2n) is 13.9. The summed E-state index contributed by atoms with van der Waals surface area (Å²) in [5.41, 5.74) is 5.62. The predicted molar refractivity (Wildman–Crippen MR) is 209 cm³/mol. The van der Waals surface area contributed by atoms with Crippen LogP contribution in [0.5, 0.6) is 0 Å². The minimum absolute atomic E-state index is 0.0138. The number of amides is 3. The average molecular weight is 773 g/mol. The van der Waals surface area contributed by atoms with E-state index >= 15 is 0 Å². The molecular weight excluding hydrogens is 720 g/mol. The summed E-state index contributed by atoms with van der Waals surface area (Å²) in [7, 11) is 5.61. The molecule has 0 spiro atoms. The fraction of sp³-hybridized carbons (Fsp3) is 0.450. The third-order valence-corrected chi connectivity index (χ3v) is 10.0. The van der Waals surface area contributed by atoms with Gasteiger partial charge in [-0.3, -0.25) is 9.59 Å². The van der Waals surface area contributed by atoms with Crippen LogP contribution in [-0.2, 0) is 33.6 Å². The van der Waals surface area contributed by atoms with Crippen LogP contribution in [0.2, 0.25) is 0 Å². The fourth-order valence-corrected chi connectivity index (χ4v) is 6.62. The lowest BCUT2D eigenvalue weighted by atomic mass is 10.0. The van der Waals surface area contributed by atoms with Gasteiger partial charge in [0.15, 0.2) is 6.04 Å². The van der Waals surface area contributed by atoms with Crippen molar-refractivity contribution in [3.05, 3.63) is 72.6 Å². The molecule has 16 heteroatoms. The zero-order valence-corrected chi connectivity index (χ0v) is 33.1. The Hall–Kier alpha value is -5.58. The maximum Gasteiger partial charge on any atom is 0.407 e. The van der Waals surface area contributed by atoms with E-state index in [1.165, 1.54) is 21.3 Å². The number of hydrogen-bond acceptors (Lipinski definition) is 11. The highest BCUT2D eigenvalue weighted by atomic mass is 17.2. The standard InChI is InChI=1S/C40H52N8O8/c1-23(2)33(46-38(49)34(24(3)52-5)47-40(51)54-7)37-42-21-31(45-37)29-17-13-27(14-18-29)26-11-15-28(16-12-26)30-20-41-36(44-30)32-10-9-19-48(32)39(50)35(25(4)53-6)43-22-56-55-8/h11-18,20-25,32-35H,9-10,19H2,1-8H3,(H,41,44)(H,42,45)(H,46,49)(H,47,51)/t24-,25-,32+,33-,34+,35+/m1/s1. The van der Waals surface area contributed by atoms with Crippen LogP contribution in [0.15, 0.2) is 65.9 Å². The van der Waals surface area contributed by atoms with E-state index in [0.717, 1.165) is 58.7 Å². The Morgan fingerprint density at radius 3 is 1.98 bits per heavy atom. The van der Waals surface area contributed by atoms with Crippen LogP contribution in [0.3, 0.4) is 0 Å². The lowest BCUT2D eigenvalue weighted by Crippen LogP contribution is -2.54. The van der Waals surface area contributed by atoms with Gasteiger partial charge in [-0.15, -0.1) is 0 Å². The van der Waals surface area contributed by atoms with E-state index in [-0.39, 0.29) is 17.9 Å². The largest absolute Gasteiger partial charge is 0.453 e. The molecule has 4 N–H and O–H groups in total. The molecule has 3 amide bonds. The smallest absolute Gasteiger partial charge is 0.407 e. The summed E-state index contributed by atoms with van der Waals surface area (Å²) in [6.07, 6.45) is 4.49. The molecule has 0 aliphatic carbocycles. The van der Waals surface area contributed by atoms with Gasteiger partial charge in [-0.05, 0) is 54.9 Å². The molecule has 1 fully saturated rings. The molecule has 1 saturated heterocycles. The number of nitrogens with zero attached hydrogens (tertiary/aromatic N) is 4. The average Bonchev–Trinajstić information content (AvgIpc) is 4.02. The third-order valence-electron chi connectivity index (χ3n) is 10.0. The van der Waals surface area contributed by atoms with E-state index in [2.05, 4.69) is 52.6 Å². The number of benzene rings is 2. The second kappa shape index (κ2) is 19.3. The van der Waals surface area contributed by atoms with Crippen molar-refractivity contribution in [3.63, 3.8) is 0 Å². The summed E-state index contributed by atoms with van der Waals surface area (Å²) in [5, 5.41) is 5.55. The van der Waals surface area contributed by atoms with Crippen LogP contribution in [-0.4, -0.2) is 108 Å². The molecule has 0 saturated carbocycles. The first kappa shape index (κ1) is 41.6. The van der Waals surface area contributed by atoms with Gasteiger partial charge in [0.2, 0.25) is 12.3 Å². The number of H-pyrrole nitrogens is 2.